The first-order valence-electron chi connectivity index (χ1n) is 9.91. The zero-order valence-electron chi connectivity index (χ0n) is 16.9. The number of rotatable bonds is 6. The minimum Gasteiger partial charge on any atom is -0.454 e. The van der Waals surface area contributed by atoms with Crippen molar-refractivity contribution in [2.24, 2.45) is 0 Å². The highest BCUT2D eigenvalue weighted by Crippen LogP contribution is 2.32. The van der Waals surface area contributed by atoms with E-state index >= 15 is 0 Å². The fourth-order valence-corrected chi connectivity index (χ4v) is 4.22. The monoisotopic (exact) mass is 432 g/mol. The standard InChI is InChI=1S/C23H20N4O3S/c1-15-3-2-4-17(11-15)22-25-23-27(26-22)18(13-31-23)9-10-24-21(28)8-6-16-5-7-19-20(12-16)30-14-29-19/h2-8,11-13H,9-10,14H2,1H3,(H,24,28). The van der Waals surface area contributed by atoms with Gasteiger partial charge in [-0.3, -0.25) is 4.79 Å². The van der Waals surface area contributed by atoms with E-state index in [1.807, 2.05) is 40.2 Å². The van der Waals surface area contributed by atoms with E-state index in [0.29, 0.717) is 24.5 Å². The Labute approximate surface area is 183 Å². The number of carbonyl (C=O) groups is 1. The lowest BCUT2D eigenvalue weighted by molar-refractivity contribution is -0.116. The van der Waals surface area contributed by atoms with Crippen LogP contribution < -0.4 is 14.8 Å². The van der Waals surface area contributed by atoms with Crippen LogP contribution in [0.2, 0.25) is 0 Å². The number of nitrogens with zero attached hydrogens (tertiary/aromatic N) is 3. The highest BCUT2D eigenvalue weighted by Gasteiger charge is 2.13. The van der Waals surface area contributed by atoms with Crippen LogP contribution in [0.1, 0.15) is 16.8 Å². The summed E-state index contributed by atoms with van der Waals surface area (Å²) in [6.07, 6.45) is 3.94. The Hall–Kier alpha value is -3.65. The summed E-state index contributed by atoms with van der Waals surface area (Å²) in [5.41, 5.74) is 4.08. The minimum absolute atomic E-state index is 0.150. The van der Waals surface area contributed by atoms with Gasteiger partial charge in [0, 0.05) is 30.0 Å². The topological polar surface area (TPSA) is 77.8 Å². The molecule has 1 aliphatic rings. The molecule has 1 amide bonds. The Morgan fingerprint density at radius 3 is 3.03 bits per heavy atom. The van der Waals surface area contributed by atoms with E-state index < -0.39 is 0 Å². The van der Waals surface area contributed by atoms with Crippen LogP contribution in [0, 0.1) is 6.92 Å². The van der Waals surface area contributed by atoms with E-state index in [2.05, 4.69) is 34.5 Å². The lowest BCUT2D eigenvalue weighted by Crippen LogP contribution is -2.23. The Morgan fingerprint density at radius 1 is 1.23 bits per heavy atom. The maximum Gasteiger partial charge on any atom is 0.244 e. The Bertz CT molecular complexity index is 1290. The quantitative estimate of drug-likeness (QED) is 0.468. The van der Waals surface area contributed by atoms with Gasteiger partial charge in [-0.1, -0.05) is 29.8 Å². The molecule has 0 aliphatic carbocycles. The van der Waals surface area contributed by atoms with E-state index in [1.165, 1.54) is 11.6 Å². The van der Waals surface area contributed by atoms with Gasteiger partial charge in [0.2, 0.25) is 17.7 Å². The van der Waals surface area contributed by atoms with Gasteiger partial charge in [0.25, 0.3) is 0 Å². The average Bonchev–Trinajstić information content (AvgIpc) is 3.48. The third-order valence-corrected chi connectivity index (χ3v) is 5.80. The van der Waals surface area contributed by atoms with Crippen molar-refractivity contribution in [2.45, 2.75) is 13.3 Å². The fourth-order valence-electron chi connectivity index (χ4n) is 3.36. The Kier molecular flexibility index (Phi) is 5.13. The lowest BCUT2D eigenvalue weighted by atomic mass is 10.1. The molecule has 0 unspecified atom stereocenters. The van der Waals surface area contributed by atoms with Crippen LogP contribution in [0.4, 0.5) is 0 Å². The molecule has 0 saturated carbocycles. The van der Waals surface area contributed by atoms with Gasteiger partial charge in [0.15, 0.2) is 17.3 Å². The molecule has 5 rings (SSSR count). The largest absolute Gasteiger partial charge is 0.454 e. The van der Waals surface area contributed by atoms with Crippen LogP contribution in [0.5, 0.6) is 11.5 Å². The highest BCUT2D eigenvalue weighted by molar-refractivity contribution is 7.15. The van der Waals surface area contributed by atoms with Crippen LogP contribution in [0.3, 0.4) is 0 Å². The molecule has 0 bridgehead atoms. The van der Waals surface area contributed by atoms with Gasteiger partial charge in [-0.25, -0.2) is 4.52 Å². The molecular weight excluding hydrogens is 412 g/mol. The molecule has 1 aliphatic heterocycles. The molecule has 7 nitrogen and oxygen atoms in total. The zero-order chi connectivity index (χ0) is 21.2. The summed E-state index contributed by atoms with van der Waals surface area (Å²) in [5, 5.41) is 9.60. The second-order valence-corrected chi connectivity index (χ2v) is 8.05. The molecule has 0 spiro atoms. The number of fused-ring (bicyclic) bond motifs is 2. The third-order valence-electron chi connectivity index (χ3n) is 4.93. The molecule has 2 aromatic heterocycles. The number of aryl methyl sites for hydroxylation is 1. The molecule has 2 aromatic carbocycles. The first-order valence-corrected chi connectivity index (χ1v) is 10.8. The second kappa shape index (κ2) is 8.23. The number of carbonyl (C=O) groups excluding carboxylic acids is 1. The minimum atomic E-state index is -0.150. The van der Waals surface area contributed by atoms with E-state index in [-0.39, 0.29) is 12.7 Å². The van der Waals surface area contributed by atoms with Gasteiger partial charge in [-0.2, -0.15) is 4.98 Å². The van der Waals surface area contributed by atoms with Crippen LogP contribution in [-0.4, -0.2) is 33.8 Å². The van der Waals surface area contributed by atoms with Crippen LogP contribution in [0.15, 0.2) is 53.9 Å². The molecule has 0 radical (unpaired) electrons. The van der Waals surface area contributed by atoms with Gasteiger partial charge in [-0.05, 0) is 36.8 Å². The number of hydrogen-bond acceptors (Lipinski definition) is 6. The molecule has 156 valence electrons. The van der Waals surface area contributed by atoms with Crippen LogP contribution in [0.25, 0.3) is 22.4 Å². The first kappa shape index (κ1) is 19.3. The number of amides is 1. The van der Waals surface area contributed by atoms with Crippen molar-refractivity contribution >= 4 is 28.3 Å². The molecule has 0 fully saturated rings. The maximum absolute atomic E-state index is 12.2. The number of benzene rings is 2. The molecule has 0 atom stereocenters. The van der Waals surface area contributed by atoms with E-state index in [4.69, 9.17) is 9.47 Å². The number of aromatic nitrogens is 3. The van der Waals surface area contributed by atoms with Gasteiger partial charge in [0.1, 0.15) is 0 Å². The molecule has 4 aromatic rings. The van der Waals surface area contributed by atoms with E-state index in [9.17, 15) is 4.79 Å². The van der Waals surface area contributed by atoms with Gasteiger partial charge in [-0.15, -0.1) is 16.4 Å². The van der Waals surface area contributed by atoms with Gasteiger partial charge < -0.3 is 14.8 Å². The van der Waals surface area contributed by atoms with Crippen LogP contribution >= 0.6 is 11.3 Å². The zero-order valence-corrected chi connectivity index (χ0v) is 17.7. The van der Waals surface area contributed by atoms with Crippen LogP contribution in [-0.2, 0) is 11.2 Å². The normalized spacial score (nSPS) is 12.7. The predicted molar refractivity (Wildman–Crippen MR) is 119 cm³/mol. The fraction of sp³-hybridized carbons (Fsp3) is 0.174. The first-order chi connectivity index (χ1) is 15.2. The SMILES string of the molecule is Cc1cccc(-c2nc3scc(CCNC(=O)C=Cc4ccc5c(c4)OCO5)n3n2)c1. The molecule has 3 heterocycles. The summed E-state index contributed by atoms with van der Waals surface area (Å²) in [6.45, 7) is 2.80. The van der Waals surface area contributed by atoms with Gasteiger partial charge in [0.05, 0.1) is 5.69 Å². The average molecular weight is 433 g/mol. The van der Waals surface area contributed by atoms with Crippen molar-refractivity contribution in [2.75, 3.05) is 13.3 Å². The van der Waals surface area contributed by atoms with Gasteiger partial charge >= 0.3 is 0 Å². The molecule has 31 heavy (non-hydrogen) atoms. The van der Waals surface area contributed by atoms with Crippen molar-refractivity contribution in [1.82, 2.24) is 19.9 Å². The van der Waals surface area contributed by atoms with E-state index in [1.54, 1.807) is 17.4 Å². The summed E-state index contributed by atoms with van der Waals surface area (Å²) in [7, 11) is 0. The maximum atomic E-state index is 12.2. The summed E-state index contributed by atoms with van der Waals surface area (Å²) in [5.74, 6) is 1.99. The van der Waals surface area contributed by atoms with Crippen molar-refractivity contribution in [3.63, 3.8) is 0 Å². The number of ether oxygens (including phenoxy) is 2. The number of nitrogens with one attached hydrogen (secondary N) is 1. The predicted octanol–water partition coefficient (Wildman–Crippen LogP) is 3.87. The summed E-state index contributed by atoms with van der Waals surface area (Å²) in [6, 6.07) is 13.7. The van der Waals surface area contributed by atoms with Crippen molar-refractivity contribution < 1.29 is 14.3 Å². The van der Waals surface area contributed by atoms with Crippen molar-refractivity contribution in [3.8, 4) is 22.9 Å². The second-order valence-electron chi connectivity index (χ2n) is 7.21. The summed E-state index contributed by atoms with van der Waals surface area (Å²) in [4.78, 5) is 17.7. The molecule has 1 N–H and O–H groups in total. The molecule has 0 saturated heterocycles. The number of thiazole rings is 1. The lowest BCUT2D eigenvalue weighted by Gasteiger charge is -2.02. The molecule has 8 heteroatoms. The highest BCUT2D eigenvalue weighted by atomic mass is 32.1. The number of hydrogen-bond donors (Lipinski definition) is 1. The molecular formula is C23H20N4O3S. The smallest absolute Gasteiger partial charge is 0.244 e. The van der Waals surface area contributed by atoms with Crippen molar-refractivity contribution in [3.05, 3.63) is 70.7 Å². The van der Waals surface area contributed by atoms with E-state index in [0.717, 1.165) is 27.5 Å². The summed E-state index contributed by atoms with van der Waals surface area (Å²) < 4.78 is 12.5. The Morgan fingerprint density at radius 2 is 2.13 bits per heavy atom. The third kappa shape index (κ3) is 4.15. The Balaban J connectivity index is 1.19. The van der Waals surface area contributed by atoms with Crippen molar-refractivity contribution in [1.29, 1.82) is 0 Å². The summed E-state index contributed by atoms with van der Waals surface area (Å²) >= 11 is 1.55.